The van der Waals surface area contributed by atoms with E-state index in [1.807, 2.05) is 24.3 Å². The second-order valence-electron chi connectivity index (χ2n) is 6.41. The smallest absolute Gasteiger partial charge is 0.260 e. The number of pyridine rings is 2. The molecule has 0 aliphatic carbocycles. The lowest BCUT2D eigenvalue weighted by Crippen LogP contribution is -2.16. The van der Waals surface area contributed by atoms with E-state index in [0.29, 0.717) is 35.2 Å². The number of aromatic nitrogens is 3. The lowest BCUT2D eigenvalue weighted by Gasteiger charge is -2.09. The van der Waals surface area contributed by atoms with Gasteiger partial charge in [0.05, 0.1) is 19.5 Å². The van der Waals surface area contributed by atoms with E-state index in [4.69, 9.17) is 14.2 Å². The molecule has 7 nitrogen and oxygen atoms in total. The summed E-state index contributed by atoms with van der Waals surface area (Å²) in [5.74, 6) is 2.34. The van der Waals surface area contributed by atoms with Gasteiger partial charge in [0, 0.05) is 17.8 Å². The fourth-order valence-electron chi connectivity index (χ4n) is 2.74. The van der Waals surface area contributed by atoms with Crippen molar-refractivity contribution in [3.8, 4) is 23.1 Å². The zero-order valence-electron chi connectivity index (χ0n) is 16.0. The molecule has 0 amide bonds. The molecular weight excluding hydrogens is 370 g/mol. The molecule has 0 radical (unpaired) electrons. The number of methoxy groups -OCH3 is 1. The minimum Gasteiger partial charge on any atom is -0.497 e. The van der Waals surface area contributed by atoms with Crippen LogP contribution >= 0.6 is 0 Å². The summed E-state index contributed by atoms with van der Waals surface area (Å²) in [7, 11) is 1.63. The van der Waals surface area contributed by atoms with Crippen molar-refractivity contribution in [2.24, 2.45) is 0 Å². The van der Waals surface area contributed by atoms with Crippen LogP contribution in [0.5, 0.6) is 23.1 Å². The van der Waals surface area contributed by atoms with Crippen LogP contribution in [0.4, 0.5) is 0 Å². The van der Waals surface area contributed by atoms with Gasteiger partial charge in [-0.2, -0.15) is 0 Å². The van der Waals surface area contributed by atoms with Crippen LogP contribution in [0.25, 0.3) is 5.65 Å². The van der Waals surface area contributed by atoms with E-state index in [2.05, 4.69) is 9.97 Å². The van der Waals surface area contributed by atoms with Gasteiger partial charge in [0.1, 0.15) is 29.5 Å². The Bertz CT molecular complexity index is 1190. The van der Waals surface area contributed by atoms with E-state index >= 15 is 0 Å². The van der Waals surface area contributed by atoms with Gasteiger partial charge in [0.2, 0.25) is 5.88 Å². The third kappa shape index (κ3) is 4.19. The normalized spacial score (nSPS) is 10.7. The van der Waals surface area contributed by atoms with Crippen LogP contribution < -0.4 is 19.8 Å². The molecule has 0 atom stereocenters. The minimum absolute atomic E-state index is 0.124. The molecule has 0 aliphatic rings. The number of ether oxygens (including phenoxy) is 3. The molecule has 146 valence electrons. The third-order valence-corrected chi connectivity index (χ3v) is 4.34. The number of rotatable bonds is 6. The highest BCUT2D eigenvalue weighted by Crippen LogP contribution is 2.22. The quantitative estimate of drug-likeness (QED) is 0.500. The van der Waals surface area contributed by atoms with Gasteiger partial charge in [0.15, 0.2) is 0 Å². The average molecular weight is 389 g/mol. The molecule has 3 heterocycles. The molecule has 0 N–H and O–H groups in total. The van der Waals surface area contributed by atoms with Crippen LogP contribution in [0, 0.1) is 6.92 Å². The van der Waals surface area contributed by atoms with Gasteiger partial charge in [0.25, 0.3) is 5.56 Å². The molecule has 0 spiro atoms. The van der Waals surface area contributed by atoms with Crippen molar-refractivity contribution < 1.29 is 14.2 Å². The fraction of sp³-hybridized carbons (Fsp3) is 0.136. The third-order valence-electron chi connectivity index (χ3n) is 4.34. The van der Waals surface area contributed by atoms with Crippen molar-refractivity contribution in [1.82, 2.24) is 14.4 Å². The first-order valence-corrected chi connectivity index (χ1v) is 9.00. The standard InChI is InChI=1S/C22H19N3O4/c1-15-11-23-20-9-7-19(13-25(20)22(15)26)29-18-8-10-21(24-12-18)28-14-16-3-5-17(27-2)6-4-16/h3-13H,14H2,1-2H3. The van der Waals surface area contributed by atoms with Crippen LogP contribution in [0.15, 0.2) is 71.9 Å². The molecule has 0 aliphatic heterocycles. The minimum atomic E-state index is -0.124. The molecule has 3 aromatic heterocycles. The SMILES string of the molecule is COc1ccc(COc2ccc(Oc3ccc4ncc(C)c(=O)n4c3)cn2)cc1. The molecule has 0 bridgehead atoms. The summed E-state index contributed by atoms with van der Waals surface area (Å²) in [6, 6.07) is 14.6. The number of benzene rings is 1. The number of aryl methyl sites for hydroxylation is 1. The van der Waals surface area contributed by atoms with Gasteiger partial charge < -0.3 is 14.2 Å². The molecule has 0 saturated heterocycles. The van der Waals surface area contributed by atoms with Crippen molar-refractivity contribution in [3.05, 3.63) is 88.6 Å². The largest absolute Gasteiger partial charge is 0.497 e. The van der Waals surface area contributed by atoms with Gasteiger partial charge in [-0.15, -0.1) is 0 Å². The van der Waals surface area contributed by atoms with E-state index in [-0.39, 0.29) is 5.56 Å². The molecule has 29 heavy (non-hydrogen) atoms. The zero-order valence-corrected chi connectivity index (χ0v) is 16.0. The first kappa shape index (κ1) is 18.5. The Hall–Kier alpha value is -3.87. The van der Waals surface area contributed by atoms with Crippen molar-refractivity contribution in [2.75, 3.05) is 7.11 Å². The summed E-state index contributed by atoms with van der Waals surface area (Å²) in [5.41, 5.74) is 2.02. The fourth-order valence-corrected chi connectivity index (χ4v) is 2.74. The summed E-state index contributed by atoms with van der Waals surface area (Å²) in [5, 5.41) is 0. The van der Waals surface area contributed by atoms with E-state index < -0.39 is 0 Å². The number of nitrogens with zero attached hydrogens (tertiary/aromatic N) is 3. The lowest BCUT2D eigenvalue weighted by molar-refractivity contribution is 0.293. The van der Waals surface area contributed by atoms with Crippen molar-refractivity contribution in [3.63, 3.8) is 0 Å². The second-order valence-corrected chi connectivity index (χ2v) is 6.41. The number of fused-ring (bicyclic) bond motifs is 1. The molecule has 4 aromatic rings. The Kier molecular flexibility index (Phi) is 5.11. The second kappa shape index (κ2) is 8.02. The van der Waals surface area contributed by atoms with Gasteiger partial charge in [-0.1, -0.05) is 12.1 Å². The average Bonchev–Trinajstić information content (AvgIpc) is 2.76. The predicted octanol–water partition coefficient (Wildman–Crippen LogP) is 3.78. The highest BCUT2D eigenvalue weighted by atomic mass is 16.5. The first-order chi connectivity index (χ1) is 14.1. The highest BCUT2D eigenvalue weighted by molar-refractivity contribution is 5.42. The summed E-state index contributed by atoms with van der Waals surface area (Å²) in [4.78, 5) is 20.7. The maximum absolute atomic E-state index is 12.2. The Balaban J connectivity index is 1.43. The zero-order chi connectivity index (χ0) is 20.2. The van der Waals surface area contributed by atoms with Crippen molar-refractivity contribution >= 4 is 5.65 Å². The Morgan fingerprint density at radius 3 is 2.38 bits per heavy atom. The molecule has 0 saturated carbocycles. The van der Waals surface area contributed by atoms with E-state index in [9.17, 15) is 4.79 Å². The van der Waals surface area contributed by atoms with Crippen LogP contribution in [-0.4, -0.2) is 21.5 Å². The Morgan fingerprint density at radius 1 is 0.897 bits per heavy atom. The van der Waals surface area contributed by atoms with E-state index in [1.165, 1.54) is 4.40 Å². The lowest BCUT2D eigenvalue weighted by atomic mass is 10.2. The summed E-state index contributed by atoms with van der Waals surface area (Å²) in [6.45, 7) is 2.13. The monoisotopic (exact) mass is 389 g/mol. The summed E-state index contributed by atoms with van der Waals surface area (Å²) in [6.07, 6.45) is 4.75. The topological polar surface area (TPSA) is 75.0 Å². The van der Waals surface area contributed by atoms with Crippen molar-refractivity contribution in [1.29, 1.82) is 0 Å². The molecule has 0 fully saturated rings. The Morgan fingerprint density at radius 2 is 1.66 bits per heavy atom. The van der Waals surface area contributed by atoms with Crippen molar-refractivity contribution in [2.45, 2.75) is 13.5 Å². The molecule has 1 aromatic carbocycles. The first-order valence-electron chi connectivity index (χ1n) is 9.00. The highest BCUT2D eigenvalue weighted by Gasteiger charge is 2.05. The number of hydrogen-bond donors (Lipinski definition) is 0. The summed E-state index contributed by atoms with van der Waals surface area (Å²) >= 11 is 0. The Labute approximate surface area is 167 Å². The predicted molar refractivity (Wildman–Crippen MR) is 108 cm³/mol. The van der Waals surface area contributed by atoms with Crippen LogP contribution in [0.1, 0.15) is 11.1 Å². The summed E-state index contributed by atoms with van der Waals surface area (Å²) < 4.78 is 18.1. The van der Waals surface area contributed by atoms with E-state index in [1.54, 1.807) is 56.9 Å². The molecular formula is C22H19N3O4. The molecule has 0 unspecified atom stereocenters. The maximum atomic E-state index is 12.2. The van der Waals surface area contributed by atoms with Gasteiger partial charge in [-0.25, -0.2) is 9.97 Å². The van der Waals surface area contributed by atoms with Crippen LogP contribution in [-0.2, 0) is 6.61 Å². The molecule has 7 heteroatoms. The van der Waals surface area contributed by atoms with Gasteiger partial charge in [-0.3, -0.25) is 9.20 Å². The number of hydrogen-bond acceptors (Lipinski definition) is 6. The van der Waals surface area contributed by atoms with Crippen LogP contribution in [0.3, 0.4) is 0 Å². The van der Waals surface area contributed by atoms with Gasteiger partial charge >= 0.3 is 0 Å². The molecule has 4 rings (SSSR count). The van der Waals surface area contributed by atoms with Gasteiger partial charge in [-0.05, 0) is 42.8 Å². The maximum Gasteiger partial charge on any atom is 0.260 e. The van der Waals surface area contributed by atoms with E-state index in [0.717, 1.165) is 11.3 Å². The van der Waals surface area contributed by atoms with Crippen LogP contribution in [0.2, 0.25) is 0 Å².